The number of amides is 1. The number of carbonyl (C=O) groups excluding carboxylic acids is 1. The Morgan fingerprint density at radius 3 is 2.31 bits per heavy atom. The second-order valence-electron chi connectivity index (χ2n) is 10.2. The van der Waals surface area contributed by atoms with Gasteiger partial charge in [0.15, 0.2) is 0 Å². The lowest BCUT2D eigenvalue weighted by Crippen LogP contribution is -2.41. The first-order chi connectivity index (χ1) is 17.0. The fourth-order valence-electron chi connectivity index (χ4n) is 4.39. The minimum atomic E-state index is -3.80. The van der Waals surface area contributed by atoms with E-state index in [-0.39, 0.29) is 16.7 Å². The number of piperidine rings is 1. The Bertz CT molecular complexity index is 1110. The summed E-state index contributed by atoms with van der Waals surface area (Å²) in [7, 11) is -3.80. The number of rotatable bonds is 9. The molecule has 0 saturated carbocycles. The molecule has 2 N–H and O–H groups in total. The number of anilines is 2. The number of hydrogen-bond donors (Lipinski definition) is 1. The topological polar surface area (TPSA) is 92.9 Å². The van der Waals surface area contributed by atoms with Crippen molar-refractivity contribution in [1.29, 1.82) is 0 Å². The maximum Gasteiger partial charge on any atom is 0.410 e. The number of nitrogens with zero attached hydrogens (tertiary/aromatic N) is 2. The van der Waals surface area contributed by atoms with Gasteiger partial charge in [-0.05, 0) is 88.6 Å². The van der Waals surface area contributed by atoms with Gasteiger partial charge in [-0.3, -0.25) is 4.31 Å². The molecule has 0 aromatic heterocycles. The van der Waals surface area contributed by atoms with Crippen molar-refractivity contribution in [3.63, 3.8) is 0 Å². The standard InChI is InChI=1S/C27H39N3O4S2/c1-27(2,3)34-26(31)29-19-16-21(17-20-29)9-7-8-18-30(22-12-14-23(35-4)15-13-22)36(32,33)25-11-6-5-10-24(25)28/h5-6,10-15,21H,7-9,16-20,28H2,1-4H3. The largest absolute Gasteiger partial charge is 0.444 e. The van der Waals surface area contributed by atoms with Crippen LogP contribution in [0.2, 0.25) is 0 Å². The van der Waals surface area contributed by atoms with Crippen molar-refractivity contribution in [2.75, 3.05) is 35.9 Å². The minimum Gasteiger partial charge on any atom is -0.444 e. The van der Waals surface area contributed by atoms with Gasteiger partial charge in [0, 0.05) is 24.5 Å². The molecule has 1 fully saturated rings. The highest BCUT2D eigenvalue weighted by atomic mass is 32.2. The molecular weight excluding hydrogens is 494 g/mol. The van der Waals surface area contributed by atoms with E-state index in [4.69, 9.17) is 10.5 Å². The average molecular weight is 534 g/mol. The number of nitrogens with two attached hydrogens (primary N) is 1. The SMILES string of the molecule is CSc1ccc(N(CCCCC2CCN(C(=O)OC(C)(C)C)CC2)S(=O)(=O)c2ccccc2N)cc1. The van der Waals surface area contributed by atoms with Gasteiger partial charge in [0.1, 0.15) is 10.5 Å². The maximum atomic E-state index is 13.6. The van der Waals surface area contributed by atoms with Crippen LogP contribution in [0, 0.1) is 5.92 Å². The van der Waals surface area contributed by atoms with Crippen molar-refractivity contribution in [2.45, 2.75) is 68.3 Å². The van der Waals surface area contributed by atoms with Gasteiger partial charge in [-0.25, -0.2) is 13.2 Å². The normalized spacial score (nSPS) is 15.1. The molecule has 0 bridgehead atoms. The Morgan fingerprint density at radius 1 is 1.08 bits per heavy atom. The first-order valence-corrected chi connectivity index (χ1v) is 15.2. The molecule has 0 unspecified atom stereocenters. The molecule has 198 valence electrons. The highest BCUT2D eigenvalue weighted by molar-refractivity contribution is 7.98. The van der Waals surface area contributed by atoms with Crippen molar-refractivity contribution < 1.29 is 17.9 Å². The van der Waals surface area contributed by atoms with Gasteiger partial charge in [-0.1, -0.05) is 25.0 Å². The summed E-state index contributed by atoms with van der Waals surface area (Å²) < 4.78 is 34.2. The van der Waals surface area contributed by atoms with Crippen molar-refractivity contribution in [3.8, 4) is 0 Å². The van der Waals surface area contributed by atoms with E-state index in [9.17, 15) is 13.2 Å². The van der Waals surface area contributed by atoms with Crippen LogP contribution in [-0.4, -0.2) is 50.9 Å². The third-order valence-electron chi connectivity index (χ3n) is 6.34. The molecule has 36 heavy (non-hydrogen) atoms. The zero-order chi connectivity index (χ0) is 26.3. The van der Waals surface area contributed by atoms with Gasteiger partial charge in [0.25, 0.3) is 10.0 Å². The summed E-state index contributed by atoms with van der Waals surface area (Å²) in [5.74, 6) is 0.527. The quantitative estimate of drug-likeness (QED) is 0.241. The highest BCUT2D eigenvalue weighted by Crippen LogP contribution is 2.30. The second kappa shape index (κ2) is 12.2. The van der Waals surface area contributed by atoms with E-state index < -0.39 is 15.6 Å². The van der Waals surface area contributed by atoms with Gasteiger partial charge in [0.2, 0.25) is 0 Å². The first kappa shape index (κ1) is 28.2. The molecule has 1 heterocycles. The summed E-state index contributed by atoms with van der Waals surface area (Å²) in [5, 5.41) is 0. The number of ether oxygens (including phenoxy) is 1. The summed E-state index contributed by atoms with van der Waals surface area (Å²) in [4.78, 5) is 15.3. The highest BCUT2D eigenvalue weighted by Gasteiger charge is 2.28. The van der Waals surface area contributed by atoms with Crippen LogP contribution in [0.3, 0.4) is 0 Å². The Kier molecular flexibility index (Phi) is 9.58. The molecule has 1 saturated heterocycles. The summed E-state index contributed by atoms with van der Waals surface area (Å²) in [5.41, 5.74) is 6.45. The van der Waals surface area contributed by atoms with Crippen molar-refractivity contribution >= 4 is 39.3 Å². The summed E-state index contributed by atoms with van der Waals surface area (Å²) in [6, 6.07) is 14.2. The molecule has 1 amide bonds. The Hall–Kier alpha value is -2.39. The van der Waals surface area contributed by atoms with Gasteiger partial charge in [-0.2, -0.15) is 0 Å². The van der Waals surface area contributed by atoms with E-state index in [1.54, 1.807) is 40.9 Å². The minimum absolute atomic E-state index is 0.133. The Morgan fingerprint density at radius 2 is 1.72 bits per heavy atom. The van der Waals surface area contributed by atoms with E-state index >= 15 is 0 Å². The van der Waals surface area contributed by atoms with Crippen LogP contribution < -0.4 is 10.0 Å². The lowest BCUT2D eigenvalue weighted by molar-refractivity contribution is 0.0180. The van der Waals surface area contributed by atoms with Crippen molar-refractivity contribution in [2.24, 2.45) is 5.92 Å². The Balaban J connectivity index is 1.60. The molecule has 0 spiro atoms. The number of hydrogen-bond acceptors (Lipinski definition) is 6. The number of para-hydroxylation sites is 1. The third-order valence-corrected chi connectivity index (χ3v) is 8.98. The molecule has 9 heteroatoms. The number of likely N-dealkylation sites (tertiary alicyclic amines) is 1. The zero-order valence-electron chi connectivity index (χ0n) is 21.8. The molecule has 2 aromatic rings. The number of carbonyl (C=O) groups is 1. The van der Waals surface area contributed by atoms with Gasteiger partial charge in [-0.15, -0.1) is 11.8 Å². The molecular formula is C27H39N3O4S2. The molecule has 1 aliphatic rings. The van der Waals surface area contributed by atoms with Crippen LogP contribution in [0.4, 0.5) is 16.2 Å². The molecule has 0 atom stereocenters. The Labute approximate surface area is 220 Å². The van der Waals surface area contributed by atoms with E-state index in [0.29, 0.717) is 31.2 Å². The maximum absolute atomic E-state index is 13.6. The van der Waals surface area contributed by atoms with Crippen molar-refractivity contribution in [3.05, 3.63) is 48.5 Å². The molecule has 7 nitrogen and oxygen atoms in total. The second-order valence-corrected chi connectivity index (χ2v) is 12.9. The first-order valence-electron chi connectivity index (χ1n) is 12.5. The van der Waals surface area contributed by atoms with Crippen LogP contribution >= 0.6 is 11.8 Å². The predicted molar refractivity (Wildman–Crippen MR) is 148 cm³/mol. The third kappa shape index (κ3) is 7.56. The number of nitrogen functional groups attached to an aromatic ring is 1. The summed E-state index contributed by atoms with van der Waals surface area (Å²) >= 11 is 1.62. The van der Waals surface area contributed by atoms with Gasteiger partial charge >= 0.3 is 6.09 Å². The van der Waals surface area contributed by atoms with Crippen LogP contribution in [-0.2, 0) is 14.8 Å². The predicted octanol–water partition coefficient (Wildman–Crippen LogP) is 6.00. The van der Waals surface area contributed by atoms with Crippen LogP contribution in [0.1, 0.15) is 52.9 Å². The van der Waals surface area contributed by atoms with E-state index in [1.807, 2.05) is 51.3 Å². The molecule has 0 aliphatic carbocycles. The molecule has 3 rings (SSSR count). The van der Waals surface area contributed by atoms with Gasteiger partial charge < -0.3 is 15.4 Å². The number of benzene rings is 2. The number of sulfonamides is 1. The monoisotopic (exact) mass is 533 g/mol. The number of unbranched alkanes of at least 4 members (excludes halogenated alkanes) is 1. The summed E-state index contributed by atoms with van der Waals surface area (Å²) in [6.07, 6.45) is 6.30. The fraction of sp³-hybridized carbons (Fsp3) is 0.519. The fourth-order valence-corrected chi connectivity index (χ4v) is 6.42. The smallest absolute Gasteiger partial charge is 0.410 e. The lowest BCUT2D eigenvalue weighted by atomic mass is 9.92. The van der Waals surface area contributed by atoms with E-state index in [1.165, 1.54) is 4.31 Å². The molecule has 0 radical (unpaired) electrons. The van der Waals surface area contributed by atoms with E-state index in [2.05, 4.69) is 0 Å². The molecule has 1 aliphatic heterocycles. The van der Waals surface area contributed by atoms with Gasteiger partial charge in [0.05, 0.1) is 11.4 Å². The average Bonchev–Trinajstić information content (AvgIpc) is 2.83. The van der Waals surface area contributed by atoms with E-state index in [0.717, 1.165) is 37.0 Å². The number of thioether (sulfide) groups is 1. The molecule has 2 aromatic carbocycles. The summed E-state index contributed by atoms with van der Waals surface area (Å²) in [6.45, 7) is 7.43. The van der Waals surface area contributed by atoms with Crippen LogP contribution in [0.15, 0.2) is 58.3 Å². The van der Waals surface area contributed by atoms with Crippen molar-refractivity contribution in [1.82, 2.24) is 4.90 Å². The lowest BCUT2D eigenvalue weighted by Gasteiger charge is -2.33. The van der Waals surface area contributed by atoms with Crippen LogP contribution in [0.5, 0.6) is 0 Å². The van der Waals surface area contributed by atoms with Crippen LogP contribution in [0.25, 0.3) is 0 Å². The zero-order valence-corrected chi connectivity index (χ0v) is 23.4.